The first-order chi connectivity index (χ1) is 11.1. The van der Waals surface area contributed by atoms with E-state index < -0.39 is 5.97 Å². The molecule has 2 aromatic carbocycles. The van der Waals surface area contributed by atoms with Crippen molar-refractivity contribution in [2.75, 3.05) is 20.3 Å². The summed E-state index contributed by atoms with van der Waals surface area (Å²) >= 11 is 0. The summed E-state index contributed by atoms with van der Waals surface area (Å²) < 4.78 is 21.9. The molecule has 5 nitrogen and oxygen atoms in total. The van der Waals surface area contributed by atoms with E-state index in [2.05, 4.69) is 0 Å². The number of carbonyl (C=O) groups excluding carboxylic acids is 1. The maximum Gasteiger partial charge on any atom is 0.343 e. The van der Waals surface area contributed by atoms with Crippen LogP contribution in [-0.4, -0.2) is 26.3 Å². The monoisotopic (exact) mass is 314 g/mol. The van der Waals surface area contributed by atoms with E-state index in [1.54, 1.807) is 12.1 Å². The van der Waals surface area contributed by atoms with Crippen molar-refractivity contribution >= 4 is 5.97 Å². The standard InChI is InChI=1S/C18H18O5/c1-11-5-4-6-12(2)16(11)23-18(19)13-9-14(20-3)17-15(10-13)21-7-8-22-17/h4-6,9-10H,7-8H2,1-3H3. The van der Waals surface area contributed by atoms with Crippen LogP contribution in [0.1, 0.15) is 21.5 Å². The number of hydrogen-bond donors (Lipinski definition) is 0. The third kappa shape index (κ3) is 2.95. The van der Waals surface area contributed by atoms with Gasteiger partial charge in [0, 0.05) is 0 Å². The van der Waals surface area contributed by atoms with Crippen LogP contribution in [0.25, 0.3) is 0 Å². The second-order valence-electron chi connectivity index (χ2n) is 5.31. The van der Waals surface area contributed by atoms with Crippen LogP contribution in [0.15, 0.2) is 30.3 Å². The number of esters is 1. The molecule has 5 heteroatoms. The Morgan fingerprint density at radius 3 is 2.48 bits per heavy atom. The highest BCUT2D eigenvalue weighted by atomic mass is 16.6. The summed E-state index contributed by atoms with van der Waals surface area (Å²) in [5.74, 6) is 1.58. The zero-order chi connectivity index (χ0) is 16.4. The topological polar surface area (TPSA) is 54.0 Å². The average Bonchev–Trinajstić information content (AvgIpc) is 2.57. The predicted molar refractivity (Wildman–Crippen MR) is 84.9 cm³/mol. The lowest BCUT2D eigenvalue weighted by Gasteiger charge is -2.21. The fourth-order valence-corrected chi connectivity index (χ4v) is 2.50. The fourth-order valence-electron chi connectivity index (χ4n) is 2.50. The quantitative estimate of drug-likeness (QED) is 0.642. The Labute approximate surface area is 134 Å². The van der Waals surface area contributed by atoms with Crippen LogP contribution in [0, 0.1) is 13.8 Å². The third-order valence-electron chi connectivity index (χ3n) is 3.67. The molecule has 23 heavy (non-hydrogen) atoms. The average molecular weight is 314 g/mol. The van der Waals surface area contributed by atoms with E-state index in [0.29, 0.717) is 41.8 Å². The molecule has 1 aliphatic heterocycles. The Morgan fingerprint density at radius 2 is 1.78 bits per heavy atom. The molecule has 0 unspecified atom stereocenters. The molecule has 0 saturated carbocycles. The number of carbonyl (C=O) groups is 1. The Bertz CT molecular complexity index is 714. The van der Waals surface area contributed by atoms with Crippen molar-refractivity contribution in [3.8, 4) is 23.0 Å². The molecule has 0 spiro atoms. The summed E-state index contributed by atoms with van der Waals surface area (Å²) in [5.41, 5.74) is 2.17. The van der Waals surface area contributed by atoms with Crippen LogP contribution in [0.4, 0.5) is 0 Å². The van der Waals surface area contributed by atoms with E-state index in [4.69, 9.17) is 18.9 Å². The zero-order valence-corrected chi connectivity index (χ0v) is 13.3. The van der Waals surface area contributed by atoms with Crippen LogP contribution in [0.5, 0.6) is 23.0 Å². The molecule has 0 amide bonds. The van der Waals surface area contributed by atoms with Crippen LogP contribution in [0.3, 0.4) is 0 Å². The second kappa shape index (κ2) is 6.20. The highest BCUT2D eigenvalue weighted by Crippen LogP contribution is 2.40. The first-order valence-corrected chi connectivity index (χ1v) is 7.36. The zero-order valence-electron chi connectivity index (χ0n) is 13.3. The molecule has 0 bridgehead atoms. The molecule has 0 aliphatic carbocycles. The molecule has 1 heterocycles. The van der Waals surface area contributed by atoms with Crippen molar-refractivity contribution in [3.63, 3.8) is 0 Å². The maximum absolute atomic E-state index is 12.5. The smallest absolute Gasteiger partial charge is 0.343 e. The summed E-state index contributed by atoms with van der Waals surface area (Å²) in [6.45, 7) is 4.70. The molecule has 0 aromatic heterocycles. The number of ether oxygens (including phenoxy) is 4. The molecule has 120 valence electrons. The minimum atomic E-state index is -0.460. The fraction of sp³-hybridized carbons (Fsp3) is 0.278. The molecule has 0 atom stereocenters. The van der Waals surface area contributed by atoms with E-state index in [9.17, 15) is 4.79 Å². The first-order valence-electron chi connectivity index (χ1n) is 7.36. The maximum atomic E-state index is 12.5. The van der Waals surface area contributed by atoms with Gasteiger partial charge in [-0.3, -0.25) is 0 Å². The first kappa shape index (κ1) is 15.2. The number of para-hydroxylation sites is 1. The van der Waals surface area contributed by atoms with Gasteiger partial charge in [-0.1, -0.05) is 18.2 Å². The van der Waals surface area contributed by atoms with E-state index in [1.165, 1.54) is 7.11 Å². The number of fused-ring (bicyclic) bond motifs is 1. The SMILES string of the molecule is COc1cc(C(=O)Oc2c(C)cccc2C)cc2c1OCCO2. The summed E-state index contributed by atoms with van der Waals surface area (Å²) in [6.07, 6.45) is 0. The molecule has 0 N–H and O–H groups in total. The van der Waals surface area contributed by atoms with Crippen LogP contribution in [-0.2, 0) is 0 Å². The van der Waals surface area contributed by atoms with Crippen LogP contribution < -0.4 is 18.9 Å². The summed E-state index contributed by atoms with van der Waals surface area (Å²) in [7, 11) is 1.52. The molecule has 0 saturated heterocycles. The van der Waals surface area contributed by atoms with E-state index in [0.717, 1.165) is 11.1 Å². The number of aryl methyl sites for hydroxylation is 2. The van der Waals surface area contributed by atoms with E-state index >= 15 is 0 Å². The molecule has 1 aliphatic rings. The predicted octanol–water partition coefficient (Wildman–Crippen LogP) is 3.30. The van der Waals surface area contributed by atoms with Crippen molar-refractivity contribution in [2.45, 2.75) is 13.8 Å². The van der Waals surface area contributed by atoms with Gasteiger partial charge in [0.05, 0.1) is 12.7 Å². The van der Waals surface area contributed by atoms with Crippen molar-refractivity contribution < 1.29 is 23.7 Å². The van der Waals surface area contributed by atoms with Crippen molar-refractivity contribution in [1.29, 1.82) is 0 Å². The van der Waals surface area contributed by atoms with Gasteiger partial charge in [-0.05, 0) is 37.1 Å². The number of hydrogen-bond acceptors (Lipinski definition) is 5. The summed E-state index contributed by atoms with van der Waals surface area (Å²) in [5, 5.41) is 0. The van der Waals surface area contributed by atoms with Gasteiger partial charge in [0.1, 0.15) is 19.0 Å². The van der Waals surface area contributed by atoms with Gasteiger partial charge in [0.25, 0.3) is 0 Å². The number of methoxy groups -OCH3 is 1. The highest BCUT2D eigenvalue weighted by molar-refractivity contribution is 5.93. The van der Waals surface area contributed by atoms with Gasteiger partial charge in [0.15, 0.2) is 11.5 Å². The Morgan fingerprint density at radius 1 is 1.09 bits per heavy atom. The number of rotatable bonds is 3. The Kier molecular flexibility index (Phi) is 4.10. The van der Waals surface area contributed by atoms with Gasteiger partial charge in [-0.2, -0.15) is 0 Å². The third-order valence-corrected chi connectivity index (χ3v) is 3.67. The molecule has 2 aromatic rings. The van der Waals surface area contributed by atoms with Crippen LogP contribution in [0.2, 0.25) is 0 Å². The van der Waals surface area contributed by atoms with Gasteiger partial charge < -0.3 is 18.9 Å². The van der Waals surface area contributed by atoms with Crippen molar-refractivity contribution in [3.05, 3.63) is 47.0 Å². The minimum Gasteiger partial charge on any atom is -0.493 e. The second-order valence-corrected chi connectivity index (χ2v) is 5.31. The normalized spacial score (nSPS) is 12.7. The van der Waals surface area contributed by atoms with E-state index in [1.807, 2.05) is 32.0 Å². The summed E-state index contributed by atoms with van der Waals surface area (Å²) in [6, 6.07) is 8.95. The van der Waals surface area contributed by atoms with E-state index in [-0.39, 0.29) is 0 Å². The van der Waals surface area contributed by atoms with Gasteiger partial charge in [-0.15, -0.1) is 0 Å². The lowest BCUT2D eigenvalue weighted by atomic mass is 10.1. The molecular formula is C18H18O5. The Balaban J connectivity index is 1.94. The molecule has 3 rings (SSSR count). The van der Waals surface area contributed by atoms with Gasteiger partial charge in [-0.25, -0.2) is 4.79 Å². The van der Waals surface area contributed by atoms with Gasteiger partial charge in [0.2, 0.25) is 5.75 Å². The molecule has 0 fully saturated rings. The molecule has 0 radical (unpaired) electrons. The summed E-state index contributed by atoms with van der Waals surface area (Å²) in [4.78, 5) is 12.5. The highest BCUT2D eigenvalue weighted by Gasteiger charge is 2.22. The van der Waals surface area contributed by atoms with Crippen molar-refractivity contribution in [1.82, 2.24) is 0 Å². The van der Waals surface area contributed by atoms with Crippen molar-refractivity contribution in [2.24, 2.45) is 0 Å². The lowest BCUT2D eigenvalue weighted by Crippen LogP contribution is -2.17. The Hall–Kier alpha value is -2.69. The minimum absolute atomic E-state index is 0.355. The lowest BCUT2D eigenvalue weighted by molar-refractivity contribution is 0.0730. The largest absolute Gasteiger partial charge is 0.493 e. The van der Waals surface area contributed by atoms with Crippen LogP contribution >= 0.6 is 0 Å². The van der Waals surface area contributed by atoms with Gasteiger partial charge >= 0.3 is 5.97 Å². The number of benzene rings is 2. The molecular weight excluding hydrogens is 296 g/mol.